The number of nitrogens with zero attached hydrogens (tertiary/aromatic N) is 6. The van der Waals surface area contributed by atoms with Gasteiger partial charge in [-0.25, -0.2) is 4.79 Å². The van der Waals surface area contributed by atoms with Crippen LogP contribution in [0, 0.1) is 0 Å². The van der Waals surface area contributed by atoms with Gasteiger partial charge in [0.2, 0.25) is 88.6 Å². The standard InChI is InChI=1S/C81H138N20O26S2/c1-13-119-53(6)96-123-47-67(105)82-36-22-17-29-57-73(111)89-52(5)71(109)93-60(32-20-24-38-84-69(107)49-125-98-55(8)121-15-3)78(116)100-41-27-34-63(100)76(114)88-46-66(104)91-58(30-18-23-37-83-68(106)48-124-97-54(7)120-14-2)74(112)92-59(31-19-26-40-86-72(110)62(51-129-128-44-43-102)95-80(118)127-81(10,11)12)75(113)94-61(33-21-25-39-85-70(108)50-126-99-56(9)122-16-4)79(117)101-42-28-35-64(101)77(115)87-45-65(103)90-57/h52,57-64,102H,13-51H2,1-12H3,(H,82,105)(H,83,106)(H,84,107)(H,85,108)(H,86,110)(H,87,115)(H,88,114)(H,89,111)(H,90,103)(H,91,104)(H,92,112)(H,93,109)(H,94,113)(H,95,118)/b96-53+,97-54+,98-55-,99-56-/t52-,57-,58-,59-,60-,61-,62-,63-,64-/m0/s1. The third kappa shape index (κ3) is 48.9. The number of hydrogen-bond donors (Lipinski definition) is 15. The lowest BCUT2D eigenvalue weighted by Crippen LogP contribution is -2.59. The van der Waals surface area contributed by atoms with Crippen molar-refractivity contribution in [2.45, 2.75) is 265 Å². The van der Waals surface area contributed by atoms with E-state index in [0.29, 0.717) is 32.2 Å². The number of carbonyl (C=O) groups excluding carboxylic acids is 16. The average Bonchev–Trinajstić information content (AvgIpc) is 1.71. The Labute approximate surface area is 761 Å². The van der Waals surface area contributed by atoms with Gasteiger partial charge in [-0.15, -0.1) is 0 Å². The molecule has 46 nitrogen and oxygen atoms in total. The molecule has 0 spiro atoms. The summed E-state index contributed by atoms with van der Waals surface area (Å²) in [6.07, 6.45) is 0.887. The van der Waals surface area contributed by atoms with E-state index in [1.165, 1.54) is 45.2 Å². The molecule has 0 aromatic rings. The molecule has 129 heavy (non-hydrogen) atoms. The second kappa shape index (κ2) is 64.7. The minimum atomic E-state index is -1.56. The normalized spacial score (nSPS) is 20.3. The lowest BCUT2D eigenvalue weighted by molar-refractivity contribution is -0.142. The van der Waals surface area contributed by atoms with Crippen molar-refractivity contribution in [2.24, 2.45) is 20.6 Å². The lowest BCUT2D eigenvalue weighted by atomic mass is 10.0. The Bertz CT molecular complexity index is 3710. The van der Waals surface area contributed by atoms with E-state index in [0.717, 1.165) is 0 Å². The zero-order valence-electron chi connectivity index (χ0n) is 76.4. The fourth-order valence-electron chi connectivity index (χ4n) is 12.9. The van der Waals surface area contributed by atoms with Crippen molar-refractivity contribution in [3.05, 3.63) is 0 Å². The van der Waals surface area contributed by atoms with E-state index < -0.39 is 194 Å². The largest absolute Gasteiger partial charge is 0.479 e. The summed E-state index contributed by atoms with van der Waals surface area (Å²) in [6.45, 7) is 17.4. The Morgan fingerprint density at radius 1 is 0.442 bits per heavy atom. The number of amides is 16. The summed E-state index contributed by atoms with van der Waals surface area (Å²) in [6, 6.07) is -12.3. The van der Waals surface area contributed by atoms with E-state index in [4.69, 9.17) is 43.0 Å². The Kier molecular flexibility index (Phi) is 56.3. The van der Waals surface area contributed by atoms with Crippen molar-refractivity contribution in [2.75, 3.05) is 130 Å². The average molecular weight is 1870 g/mol. The highest BCUT2D eigenvalue weighted by molar-refractivity contribution is 8.76. The molecule has 3 saturated heterocycles. The number of unbranched alkanes of at least 4 members (excludes halogenated alkanes) is 5. The molecule has 0 aromatic carbocycles. The predicted molar refractivity (Wildman–Crippen MR) is 475 cm³/mol. The smallest absolute Gasteiger partial charge is 0.408 e. The highest BCUT2D eigenvalue weighted by atomic mass is 33.1. The van der Waals surface area contributed by atoms with Gasteiger partial charge >= 0.3 is 6.09 Å². The molecule has 3 aliphatic heterocycles. The van der Waals surface area contributed by atoms with Crippen LogP contribution in [0.25, 0.3) is 0 Å². The van der Waals surface area contributed by atoms with Crippen LogP contribution in [0.4, 0.5) is 4.79 Å². The molecule has 16 amide bonds. The minimum Gasteiger partial charge on any atom is -0.479 e. The van der Waals surface area contributed by atoms with Gasteiger partial charge in [-0.05, 0) is 177 Å². The fraction of sp³-hybridized carbons (Fsp3) is 0.753. The molecule has 3 fully saturated rings. The third-order valence-electron chi connectivity index (χ3n) is 19.1. The maximum atomic E-state index is 15.3. The first kappa shape index (κ1) is 112. The van der Waals surface area contributed by atoms with Crippen molar-refractivity contribution in [3.63, 3.8) is 0 Å². The maximum absolute atomic E-state index is 15.3. The van der Waals surface area contributed by atoms with Crippen LogP contribution in [0.5, 0.6) is 0 Å². The maximum Gasteiger partial charge on any atom is 0.408 e. The number of nitrogens with one attached hydrogen (secondary N) is 14. The van der Waals surface area contributed by atoms with Crippen LogP contribution in [-0.4, -0.2) is 323 Å². The molecule has 0 saturated carbocycles. The Morgan fingerprint density at radius 2 is 0.767 bits per heavy atom. The Hall–Kier alpha value is -10.9. The topological polar surface area (TPSA) is 601 Å². The van der Waals surface area contributed by atoms with Crippen LogP contribution in [0.15, 0.2) is 20.6 Å². The number of rotatable bonds is 48. The molecule has 3 aliphatic rings. The third-order valence-corrected chi connectivity index (χ3v) is 21.5. The van der Waals surface area contributed by atoms with E-state index in [2.05, 4.69) is 95.1 Å². The number of alkyl carbamates (subject to hydrolysis) is 1. The van der Waals surface area contributed by atoms with Gasteiger partial charge in [-0.3, -0.25) is 71.9 Å². The SMILES string of the molecule is CCO/C(C)=N\OCC(=O)NCCCC[C@@H]1NC(=O)[C@H](C)NC(=O)[C@H](CCCCNC(=O)CO/N=C(\C)OCC)NC(=O)CNC(=O)[C@@H]2CCCN2C(=O)[C@H](CCCCNC(=O)CO/N=C(/C)OCC)NC(=O)[C@H](CCCCNC(=O)[C@H](CSSCCO)NC(=O)OC(C)(C)C)NC(=O)[C@H](CCCCNC(=O)CO/N=C(\C)OCC)NC(=O)CNC(=O)[C@@H]2CCCN2C1=O. The summed E-state index contributed by atoms with van der Waals surface area (Å²) >= 11 is 0. The van der Waals surface area contributed by atoms with Gasteiger partial charge in [0.1, 0.15) is 60.0 Å². The van der Waals surface area contributed by atoms with E-state index in [1.54, 1.807) is 69.2 Å². The first-order chi connectivity index (χ1) is 61.6. The molecule has 3 heterocycles. The van der Waals surface area contributed by atoms with Crippen molar-refractivity contribution < 1.29 is 125 Å². The number of aliphatic hydroxyl groups is 1. The van der Waals surface area contributed by atoms with E-state index in [1.807, 2.05) is 0 Å². The van der Waals surface area contributed by atoms with E-state index in [-0.39, 0.29) is 204 Å². The number of hydrogen-bond acceptors (Lipinski definition) is 32. The van der Waals surface area contributed by atoms with Crippen LogP contribution < -0.4 is 74.4 Å². The molecule has 9 atom stereocenters. The van der Waals surface area contributed by atoms with Crippen LogP contribution in [-0.2, 0) is 115 Å². The van der Waals surface area contributed by atoms with Gasteiger partial charge in [-0.1, -0.05) is 42.2 Å². The van der Waals surface area contributed by atoms with E-state index >= 15 is 14.4 Å². The first-order valence-corrected chi connectivity index (χ1v) is 46.5. The van der Waals surface area contributed by atoms with Crippen LogP contribution >= 0.6 is 21.6 Å². The molecule has 3 rings (SSSR count). The highest BCUT2D eigenvalue weighted by Gasteiger charge is 2.41. The van der Waals surface area contributed by atoms with Crippen LogP contribution in [0.1, 0.15) is 205 Å². The number of carbonyl (C=O) groups is 16. The van der Waals surface area contributed by atoms with Gasteiger partial charge in [0, 0.05) is 85.0 Å². The summed E-state index contributed by atoms with van der Waals surface area (Å²) in [5, 5.41) is 61.8. The van der Waals surface area contributed by atoms with E-state index in [9.17, 15) is 67.4 Å². The fourth-order valence-corrected chi connectivity index (χ4v) is 14.9. The zero-order valence-corrected chi connectivity index (χ0v) is 78.1. The molecule has 0 bridgehead atoms. The van der Waals surface area contributed by atoms with Gasteiger partial charge in [0.15, 0.2) is 26.4 Å². The van der Waals surface area contributed by atoms with Crippen molar-refractivity contribution in [1.82, 2.24) is 84.2 Å². The number of aliphatic hydroxyl groups excluding tert-OH is 1. The molecule has 730 valence electrons. The zero-order chi connectivity index (χ0) is 95.5. The lowest BCUT2D eigenvalue weighted by Gasteiger charge is -2.30. The second-order valence-corrected chi connectivity index (χ2v) is 33.6. The van der Waals surface area contributed by atoms with Crippen LogP contribution in [0.2, 0.25) is 0 Å². The van der Waals surface area contributed by atoms with Gasteiger partial charge in [0.05, 0.1) is 46.1 Å². The van der Waals surface area contributed by atoms with Gasteiger partial charge in [0.25, 0.3) is 23.6 Å². The monoisotopic (exact) mass is 1870 g/mol. The Balaban J connectivity index is 2.22. The minimum absolute atomic E-state index is 0.00119. The van der Waals surface area contributed by atoms with Crippen LogP contribution in [0.3, 0.4) is 0 Å². The summed E-state index contributed by atoms with van der Waals surface area (Å²) in [4.78, 5) is 248. The van der Waals surface area contributed by atoms with Crippen molar-refractivity contribution >= 4 is 140 Å². The predicted octanol–water partition coefficient (Wildman–Crippen LogP) is -0.611. The van der Waals surface area contributed by atoms with Gasteiger partial charge in [-0.2, -0.15) is 0 Å². The van der Waals surface area contributed by atoms with Gasteiger partial charge < -0.3 is 132 Å². The quantitative estimate of drug-likeness (QED) is 0.0119. The van der Waals surface area contributed by atoms with Crippen molar-refractivity contribution in [3.8, 4) is 0 Å². The molecule has 0 aliphatic carbocycles. The summed E-state index contributed by atoms with van der Waals surface area (Å²) in [7, 11) is 2.49. The number of oxime groups is 4. The summed E-state index contributed by atoms with van der Waals surface area (Å²) < 4.78 is 26.3. The molecule has 48 heteroatoms. The first-order valence-electron chi connectivity index (χ1n) is 44.0. The highest BCUT2D eigenvalue weighted by Crippen LogP contribution is 2.24. The molecular formula is C81H138N20O26S2. The Morgan fingerprint density at radius 3 is 1.12 bits per heavy atom. The number of ether oxygens (including phenoxy) is 5. The molecule has 0 aromatic heterocycles. The summed E-state index contributed by atoms with van der Waals surface area (Å²) in [5.74, 6) is -10.1. The summed E-state index contributed by atoms with van der Waals surface area (Å²) in [5.41, 5.74) is -0.915. The molecule has 0 radical (unpaired) electrons. The second-order valence-electron chi connectivity index (χ2n) is 30.9. The molecular weight excluding hydrogens is 1730 g/mol. The number of fused-ring (bicyclic) bond motifs is 2. The molecule has 15 N–H and O–H groups in total. The van der Waals surface area contributed by atoms with Crippen molar-refractivity contribution in [1.29, 1.82) is 0 Å². The molecule has 0 unspecified atom stereocenters.